The molecule has 2 aromatic rings. The zero-order valence-corrected chi connectivity index (χ0v) is 11.2. The van der Waals surface area contributed by atoms with Gasteiger partial charge in [0.25, 0.3) is 0 Å². The number of carbonyl (C=O) groups excluding carboxylic acids is 1. The quantitative estimate of drug-likeness (QED) is 0.900. The number of thiazole rings is 1. The summed E-state index contributed by atoms with van der Waals surface area (Å²) < 4.78 is 0. The Kier molecular flexibility index (Phi) is 4.28. The molecule has 1 N–H and O–H groups in total. The number of aryl methyl sites for hydroxylation is 2. The van der Waals surface area contributed by atoms with Gasteiger partial charge in [-0.05, 0) is 31.2 Å². The van der Waals surface area contributed by atoms with E-state index in [9.17, 15) is 4.79 Å². The van der Waals surface area contributed by atoms with Gasteiger partial charge in [-0.15, -0.1) is 22.7 Å². The topological polar surface area (TPSA) is 42.0 Å². The third-order valence-corrected chi connectivity index (χ3v) is 4.04. The van der Waals surface area contributed by atoms with Crippen molar-refractivity contribution in [2.75, 3.05) is 5.32 Å². The maximum atomic E-state index is 11.6. The lowest BCUT2D eigenvalue weighted by Crippen LogP contribution is -2.10. The van der Waals surface area contributed by atoms with Crippen LogP contribution in [0.5, 0.6) is 0 Å². The van der Waals surface area contributed by atoms with Crippen LogP contribution in [0.4, 0.5) is 5.13 Å². The third kappa shape index (κ3) is 3.94. The molecule has 1 amide bonds. The van der Waals surface area contributed by atoms with Gasteiger partial charge in [0.15, 0.2) is 5.13 Å². The molecule has 2 rings (SSSR count). The summed E-state index contributed by atoms with van der Waals surface area (Å²) in [7, 11) is 0. The molecule has 0 fully saturated rings. The minimum absolute atomic E-state index is 0.0518. The Labute approximate surface area is 109 Å². The first-order valence-corrected chi connectivity index (χ1v) is 7.18. The minimum atomic E-state index is 0.0518. The molecule has 0 unspecified atom stereocenters. The second-order valence-corrected chi connectivity index (χ2v) is 6.02. The number of anilines is 1. The number of hydrogen-bond acceptors (Lipinski definition) is 4. The normalized spacial score (nSPS) is 10.4. The zero-order valence-electron chi connectivity index (χ0n) is 9.60. The fourth-order valence-electron chi connectivity index (χ4n) is 1.47. The fraction of sp³-hybridized carbons (Fsp3) is 0.333. The van der Waals surface area contributed by atoms with Gasteiger partial charge >= 0.3 is 0 Å². The van der Waals surface area contributed by atoms with Crippen molar-refractivity contribution in [3.63, 3.8) is 0 Å². The highest BCUT2D eigenvalue weighted by Crippen LogP contribution is 2.17. The van der Waals surface area contributed by atoms with Crippen LogP contribution in [0.25, 0.3) is 0 Å². The number of rotatable bonds is 5. The summed E-state index contributed by atoms with van der Waals surface area (Å²) in [6, 6.07) is 4.14. The summed E-state index contributed by atoms with van der Waals surface area (Å²) in [6.07, 6.45) is 4.18. The van der Waals surface area contributed by atoms with E-state index in [4.69, 9.17) is 0 Å². The van der Waals surface area contributed by atoms with Gasteiger partial charge in [-0.1, -0.05) is 6.07 Å². The van der Waals surface area contributed by atoms with Gasteiger partial charge in [0.05, 0.1) is 0 Å². The smallest absolute Gasteiger partial charge is 0.226 e. The molecule has 0 radical (unpaired) electrons. The lowest BCUT2D eigenvalue weighted by molar-refractivity contribution is -0.116. The van der Waals surface area contributed by atoms with Crippen molar-refractivity contribution >= 4 is 33.7 Å². The average Bonchev–Trinajstić information content (AvgIpc) is 2.90. The largest absolute Gasteiger partial charge is 0.302 e. The highest BCUT2D eigenvalue weighted by Gasteiger charge is 2.05. The van der Waals surface area contributed by atoms with Crippen molar-refractivity contribution in [2.24, 2.45) is 0 Å². The molecular weight excluding hydrogens is 252 g/mol. The van der Waals surface area contributed by atoms with Crippen LogP contribution >= 0.6 is 22.7 Å². The fourth-order valence-corrected chi connectivity index (χ4v) is 2.90. The van der Waals surface area contributed by atoms with Gasteiger partial charge in [-0.25, -0.2) is 4.98 Å². The van der Waals surface area contributed by atoms with Gasteiger partial charge in [0.1, 0.15) is 0 Å². The SMILES string of the molecule is Cc1cnc(NC(=O)CCCc2cccs2)s1. The van der Waals surface area contributed by atoms with E-state index in [2.05, 4.69) is 21.7 Å². The lowest BCUT2D eigenvalue weighted by atomic mass is 10.2. The number of carbonyl (C=O) groups is 1. The van der Waals surface area contributed by atoms with Crippen molar-refractivity contribution in [2.45, 2.75) is 26.2 Å². The molecule has 0 aliphatic rings. The molecule has 0 aliphatic carbocycles. The van der Waals surface area contributed by atoms with Gasteiger partial charge in [-0.2, -0.15) is 0 Å². The Morgan fingerprint density at radius 3 is 3.06 bits per heavy atom. The van der Waals surface area contributed by atoms with Gasteiger partial charge in [0, 0.05) is 22.4 Å². The Balaban J connectivity index is 1.71. The molecular formula is C12H14N2OS2. The molecule has 2 aromatic heterocycles. The molecule has 0 spiro atoms. The minimum Gasteiger partial charge on any atom is -0.302 e. The van der Waals surface area contributed by atoms with Crippen LogP contribution in [0, 0.1) is 6.92 Å². The van der Waals surface area contributed by atoms with Crippen molar-refractivity contribution < 1.29 is 4.79 Å². The molecule has 0 aliphatic heterocycles. The van der Waals surface area contributed by atoms with E-state index in [-0.39, 0.29) is 5.91 Å². The Morgan fingerprint density at radius 2 is 2.41 bits per heavy atom. The van der Waals surface area contributed by atoms with Crippen molar-refractivity contribution in [1.29, 1.82) is 0 Å². The van der Waals surface area contributed by atoms with Gasteiger partial charge in [0.2, 0.25) is 5.91 Å². The van der Waals surface area contributed by atoms with E-state index in [0.717, 1.165) is 17.7 Å². The zero-order chi connectivity index (χ0) is 12.1. The molecule has 2 heterocycles. The van der Waals surface area contributed by atoms with E-state index in [1.54, 1.807) is 17.5 Å². The van der Waals surface area contributed by atoms with E-state index >= 15 is 0 Å². The van der Waals surface area contributed by atoms with Crippen LogP contribution < -0.4 is 5.32 Å². The lowest BCUT2D eigenvalue weighted by Gasteiger charge is -2.00. The van der Waals surface area contributed by atoms with Crippen LogP contribution in [0.1, 0.15) is 22.6 Å². The molecule has 90 valence electrons. The number of aromatic nitrogens is 1. The van der Waals surface area contributed by atoms with Crippen LogP contribution in [-0.2, 0) is 11.2 Å². The van der Waals surface area contributed by atoms with Crippen molar-refractivity contribution in [1.82, 2.24) is 4.98 Å². The predicted molar refractivity (Wildman–Crippen MR) is 72.7 cm³/mol. The van der Waals surface area contributed by atoms with Gasteiger partial charge < -0.3 is 5.32 Å². The highest BCUT2D eigenvalue weighted by molar-refractivity contribution is 7.15. The van der Waals surface area contributed by atoms with E-state index < -0.39 is 0 Å². The molecule has 0 aromatic carbocycles. The molecule has 0 saturated carbocycles. The molecule has 0 atom stereocenters. The van der Waals surface area contributed by atoms with Crippen molar-refractivity contribution in [3.05, 3.63) is 33.5 Å². The molecule has 0 bridgehead atoms. The van der Waals surface area contributed by atoms with Crippen molar-refractivity contribution in [3.8, 4) is 0 Å². The number of amides is 1. The summed E-state index contributed by atoms with van der Waals surface area (Å²) in [5, 5.41) is 5.58. The molecule has 0 saturated heterocycles. The number of thiophene rings is 1. The molecule has 17 heavy (non-hydrogen) atoms. The van der Waals surface area contributed by atoms with Crippen LogP contribution in [0.3, 0.4) is 0 Å². The Hall–Kier alpha value is -1.20. The predicted octanol–water partition coefficient (Wildman–Crippen LogP) is 3.47. The van der Waals surface area contributed by atoms with Crippen LogP contribution in [-0.4, -0.2) is 10.9 Å². The standard InChI is InChI=1S/C12H14N2OS2/c1-9-8-13-12(17-9)14-11(15)6-2-4-10-5-3-7-16-10/h3,5,7-8H,2,4,6H2,1H3,(H,13,14,15). The third-order valence-electron chi connectivity index (χ3n) is 2.27. The number of hydrogen-bond donors (Lipinski definition) is 1. The Bertz CT molecular complexity index is 476. The summed E-state index contributed by atoms with van der Waals surface area (Å²) in [4.78, 5) is 18.2. The number of nitrogens with zero attached hydrogens (tertiary/aromatic N) is 1. The van der Waals surface area contributed by atoms with Gasteiger partial charge in [-0.3, -0.25) is 4.79 Å². The van der Waals surface area contributed by atoms with Crippen LogP contribution in [0.15, 0.2) is 23.7 Å². The van der Waals surface area contributed by atoms with E-state index in [0.29, 0.717) is 11.6 Å². The summed E-state index contributed by atoms with van der Waals surface area (Å²) in [5.74, 6) is 0.0518. The summed E-state index contributed by atoms with van der Waals surface area (Å²) in [6.45, 7) is 1.98. The van der Waals surface area contributed by atoms with E-state index in [1.165, 1.54) is 16.2 Å². The van der Waals surface area contributed by atoms with E-state index in [1.807, 2.05) is 13.0 Å². The second kappa shape index (κ2) is 5.93. The average molecular weight is 266 g/mol. The first-order valence-electron chi connectivity index (χ1n) is 5.49. The highest BCUT2D eigenvalue weighted by atomic mass is 32.1. The first kappa shape index (κ1) is 12.3. The Morgan fingerprint density at radius 1 is 1.53 bits per heavy atom. The van der Waals surface area contributed by atoms with Crippen LogP contribution in [0.2, 0.25) is 0 Å². The number of nitrogens with one attached hydrogen (secondary N) is 1. The first-order chi connectivity index (χ1) is 8.24. The maximum absolute atomic E-state index is 11.6. The summed E-state index contributed by atoms with van der Waals surface area (Å²) >= 11 is 3.25. The molecule has 3 nitrogen and oxygen atoms in total. The monoisotopic (exact) mass is 266 g/mol. The summed E-state index contributed by atoms with van der Waals surface area (Å²) in [5.41, 5.74) is 0. The maximum Gasteiger partial charge on any atom is 0.226 e. The second-order valence-electron chi connectivity index (χ2n) is 3.76. The molecule has 5 heteroatoms.